The Morgan fingerprint density at radius 3 is 2.35 bits per heavy atom. The molecule has 1 aromatic carbocycles. The second kappa shape index (κ2) is 6.05. The van der Waals surface area contributed by atoms with E-state index in [0.29, 0.717) is 0 Å². The molecule has 0 saturated heterocycles. The van der Waals surface area contributed by atoms with Crippen molar-refractivity contribution < 1.29 is 8.42 Å². The second-order valence-electron chi connectivity index (χ2n) is 3.83. The molecular weight excluding hydrogens is 281 g/mol. The van der Waals surface area contributed by atoms with Crippen LogP contribution in [0, 0.1) is 0 Å². The monoisotopic (exact) mass is 295 g/mol. The van der Waals surface area contributed by atoms with Crippen LogP contribution in [-0.2, 0) is 10.0 Å². The molecule has 96 valence electrons. The molecule has 0 aliphatic rings. The molecule has 0 aromatic heterocycles. The van der Waals surface area contributed by atoms with Gasteiger partial charge in [-0.25, -0.2) is 8.42 Å². The van der Waals surface area contributed by atoms with Crippen molar-refractivity contribution in [2.24, 2.45) is 0 Å². The van der Waals surface area contributed by atoms with Crippen molar-refractivity contribution in [3.8, 4) is 0 Å². The van der Waals surface area contributed by atoms with Gasteiger partial charge in [0.05, 0.1) is 5.02 Å². The number of halogens is 2. The van der Waals surface area contributed by atoms with Crippen LogP contribution in [0.1, 0.15) is 13.8 Å². The van der Waals surface area contributed by atoms with E-state index in [1.165, 1.54) is 10.4 Å². The maximum absolute atomic E-state index is 12.4. The molecule has 0 spiro atoms. The van der Waals surface area contributed by atoms with Crippen LogP contribution in [0.5, 0.6) is 0 Å². The van der Waals surface area contributed by atoms with Crippen molar-refractivity contribution >= 4 is 33.2 Å². The van der Waals surface area contributed by atoms with Gasteiger partial charge in [-0.15, -0.1) is 11.6 Å². The fourth-order valence-electron chi connectivity index (χ4n) is 1.52. The summed E-state index contributed by atoms with van der Waals surface area (Å²) in [4.78, 5) is 0.125. The van der Waals surface area contributed by atoms with Gasteiger partial charge in [-0.05, 0) is 26.0 Å². The van der Waals surface area contributed by atoms with E-state index >= 15 is 0 Å². The number of hydrogen-bond acceptors (Lipinski definition) is 2. The zero-order valence-corrected chi connectivity index (χ0v) is 12.1. The fourth-order valence-corrected chi connectivity index (χ4v) is 3.93. The molecule has 0 heterocycles. The van der Waals surface area contributed by atoms with E-state index in [2.05, 4.69) is 0 Å². The summed E-state index contributed by atoms with van der Waals surface area (Å²) in [5, 5.41) is 0.229. The van der Waals surface area contributed by atoms with Gasteiger partial charge >= 0.3 is 0 Å². The topological polar surface area (TPSA) is 37.4 Å². The van der Waals surface area contributed by atoms with Crippen LogP contribution >= 0.6 is 23.2 Å². The third kappa shape index (κ3) is 3.35. The first-order chi connectivity index (χ1) is 7.91. The van der Waals surface area contributed by atoms with Gasteiger partial charge in [0.2, 0.25) is 10.0 Å². The summed E-state index contributed by atoms with van der Waals surface area (Å²) in [5.74, 6) is 0.252. The number of sulfonamides is 1. The molecule has 0 amide bonds. The van der Waals surface area contributed by atoms with Gasteiger partial charge in [0.15, 0.2) is 0 Å². The van der Waals surface area contributed by atoms with Crippen LogP contribution in [-0.4, -0.2) is 31.2 Å². The Kier molecular flexibility index (Phi) is 5.25. The van der Waals surface area contributed by atoms with Crippen LogP contribution in [0.25, 0.3) is 0 Å². The van der Waals surface area contributed by atoms with Crippen molar-refractivity contribution in [1.82, 2.24) is 4.31 Å². The van der Waals surface area contributed by atoms with E-state index in [4.69, 9.17) is 23.2 Å². The Morgan fingerprint density at radius 1 is 1.29 bits per heavy atom. The maximum Gasteiger partial charge on any atom is 0.244 e. The molecule has 0 bridgehead atoms. The van der Waals surface area contributed by atoms with E-state index in [-0.39, 0.29) is 28.4 Å². The van der Waals surface area contributed by atoms with Gasteiger partial charge in [0, 0.05) is 18.5 Å². The first kappa shape index (κ1) is 14.8. The highest BCUT2D eigenvalue weighted by molar-refractivity contribution is 7.89. The molecule has 0 N–H and O–H groups in total. The molecule has 0 unspecified atom stereocenters. The van der Waals surface area contributed by atoms with Crippen LogP contribution in [0.3, 0.4) is 0 Å². The highest BCUT2D eigenvalue weighted by Gasteiger charge is 2.27. The molecule has 0 aliphatic carbocycles. The smallest absolute Gasteiger partial charge is 0.207 e. The summed E-state index contributed by atoms with van der Waals surface area (Å²) in [6, 6.07) is 6.25. The lowest BCUT2D eigenvalue weighted by atomic mass is 10.4. The van der Waals surface area contributed by atoms with E-state index in [1.807, 2.05) is 0 Å². The van der Waals surface area contributed by atoms with Gasteiger partial charge in [-0.3, -0.25) is 0 Å². The molecule has 1 aromatic rings. The third-order valence-corrected chi connectivity index (χ3v) is 5.05. The average Bonchev–Trinajstić information content (AvgIpc) is 2.25. The lowest BCUT2D eigenvalue weighted by Gasteiger charge is -2.25. The number of alkyl halides is 1. The van der Waals surface area contributed by atoms with Gasteiger partial charge < -0.3 is 0 Å². The quantitative estimate of drug-likeness (QED) is 0.783. The van der Waals surface area contributed by atoms with E-state index < -0.39 is 10.0 Å². The summed E-state index contributed by atoms with van der Waals surface area (Å²) in [7, 11) is -3.58. The predicted molar refractivity (Wildman–Crippen MR) is 71.2 cm³/mol. The lowest BCUT2D eigenvalue weighted by molar-refractivity contribution is 0.370. The standard InChI is InChI=1S/C11H15Cl2NO2S/c1-9(2)14(8-7-12)17(15,16)11-6-4-3-5-10(11)13/h3-6,9H,7-8H2,1-2H3. The summed E-state index contributed by atoms with van der Waals surface area (Å²) >= 11 is 11.6. The Hall–Kier alpha value is -0.290. The minimum Gasteiger partial charge on any atom is -0.207 e. The largest absolute Gasteiger partial charge is 0.244 e. The highest BCUT2D eigenvalue weighted by atomic mass is 35.5. The van der Waals surface area contributed by atoms with Gasteiger partial charge in [0.25, 0.3) is 0 Å². The summed E-state index contributed by atoms with van der Waals surface area (Å²) in [5.41, 5.74) is 0. The molecule has 0 radical (unpaired) electrons. The van der Waals surface area contributed by atoms with Crippen molar-refractivity contribution in [1.29, 1.82) is 0 Å². The van der Waals surface area contributed by atoms with Gasteiger partial charge in [0.1, 0.15) is 4.90 Å². The van der Waals surface area contributed by atoms with Crippen molar-refractivity contribution in [3.63, 3.8) is 0 Å². The van der Waals surface area contributed by atoms with E-state index in [1.54, 1.807) is 32.0 Å². The first-order valence-electron chi connectivity index (χ1n) is 5.23. The van der Waals surface area contributed by atoms with E-state index in [0.717, 1.165) is 0 Å². The Morgan fingerprint density at radius 2 is 1.88 bits per heavy atom. The molecule has 17 heavy (non-hydrogen) atoms. The van der Waals surface area contributed by atoms with Crippen LogP contribution < -0.4 is 0 Å². The Labute approximate surface area is 112 Å². The van der Waals surface area contributed by atoms with Crippen molar-refractivity contribution in [2.75, 3.05) is 12.4 Å². The number of benzene rings is 1. The zero-order valence-electron chi connectivity index (χ0n) is 9.73. The molecule has 0 atom stereocenters. The average molecular weight is 296 g/mol. The Bertz CT molecular complexity index is 474. The normalized spacial score (nSPS) is 12.4. The van der Waals surface area contributed by atoms with Crippen LogP contribution in [0.2, 0.25) is 5.02 Å². The van der Waals surface area contributed by atoms with Crippen LogP contribution in [0.4, 0.5) is 0 Å². The predicted octanol–water partition coefficient (Wildman–Crippen LogP) is 2.98. The van der Waals surface area contributed by atoms with Gasteiger partial charge in [-0.1, -0.05) is 23.7 Å². The molecule has 3 nitrogen and oxygen atoms in total. The molecule has 0 saturated carbocycles. The number of hydrogen-bond donors (Lipinski definition) is 0. The zero-order chi connectivity index (χ0) is 13.1. The highest BCUT2D eigenvalue weighted by Crippen LogP contribution is 2.25. The fraction of sp³-hybridized carbons (Fsp3) is 0.455. The van der Waals surface area contributed by atoms with Gasteiger partial charge in [-0.2, -0.15) is 4.31 Å². The summed E-state index contributed by atoms with van der Waals surface area (Å²) in [6.45, 7) is 3.88. The minimum atomic E-state index is -3.58. The van der Waals surface area contributed by atoms with Crippen molar-refractivity contribution in [3.05, 3.63) is 29.3 Å². The summed E-state index contributed by atoms with van der Waals surface area (Å²) in [6.07, 6.45) is 0. The maximum atomic E-state index is 12.4. The SMILES string of the molecule is CC(C)N(CCCl)S(=O)(=O)c1ccccc1Cl. The first-order valence-corrected chi connectivity index (χ1v) is 7.59. The number of rotatable bonds is 5. The van der Waals surface area contributed by atoms with Crippen LogP contribution in [0.15, 0.2) is 29.2 Å². The number of nitrogens with zero attached hydrogens (tertiary/aromatic N) is 1. The molecule has 6 heteroatoms. The third-order valence-electron chi connectivity index (χ3n) is 2.30. The molecular formula is C11H15Cl2NO2S. The minimum absolute atomic E-state index is 0.125. The molecule has 1 rings (SSSR count). The second-order valence-corrected chi connectivity index (χ2v) is 6.47. The molecule has 0 aliphatic heterocycles. The van der Waals surface area contributed by atoms with E-state index in [9.17, 15) is 8.42 Å². The lowest BCUT2D eigenvalue weighted by Crippen LogP contribution is -2.38. The molecule has 0 fully saturated rings. The Balaban J connectivity index is 3.22. The summed E-state index contributed by atoms with van der Waals surface area (Å²) < 4.78 is 26.1. The van der Waals surface area contributed by atoms with Crippen molar-refractivity contribution in [2.45, 2.75) is 24.8 Å².